The van der Waals surface area contributed by atoms with Gasteiger partial charge in [-0.05, 0) is 0 Å². The van der Waals surface area contributed by atoms with Crippen LogP contribution in [0.3, 0.4) is 0 Å². The smallest absolute Gasteiger partial charge is 0.297 e. The van der Waals surface area contributed by atoms with Crippen molar-refractivity contribution >= 4 is 5.82 Å². The van der Waals surface area contributed by atoms with Gasteiger partial charge in [0.15, 0.2) is 0 Å². The second-order valence-corrected chi connectivity index (χ2v) is 5.04. The second kappa shape index (κ2) is 6.58. The van der Waals surface area contributed by atoms with Crippen LogP contribution in [0.1, 0.15) is 0 Å². The largest absolute Gasteiger partial charge is 1.00 e. The Balaban J connectivity index is 0.00000147. The van der Waals surface area contributed by atoms with Gasteiger partial charge in [0, 0.05) is 25.7 Å². The SMILES string of the molecule is Cn1c(-c2ccccc2)cc(N2CCNCC2)[n+]1C.[I-]. The van der Waals surface area contributed by atoms with E-state index in [2.05, 4.69) is 70.1 Å². The summed E-state index contributed by atoms with van der Waals surface area (Å²) in [4.78, 5) is 2.45. The first kappa shape index (κ1) is 15.3. The topological polar surface area (TPSA) is 24.1 Å². The maximum absolute atomic E-state index is 3.40. The summed E-state index contributed by atoms with van der Waals surface area (Å²) >= 11 is 0. The van der Waals surface area contributed by atoms with Crippen LogP contribution in [0.2, 0.25) is 0 Å². The molecule has 1 aliphatic heterocycles. The lowest BCUT2D eigenvalue weighted by atomic mass is 10.1. The van der Waals surface area contributed by atoms with Gasteiger partial charge in [0.2, 0.25) is 0 Å². The fourth-order valence-electron chi connectivity index (χ4n) is 2.69. The zero-order valence-electron chi connectivity index (χ0n) is 12.0. The molecule has 0 atom stereocenters. The fourth-order valence-corrected chi connectivity index (χ4v) is 2.69. The Morgan fingerprint density at radius 3 is 2.40 bits per heavy atom. The summed E-state index contributed by atoms with van der Waals surface area (Å²) in [5, 5.41) is 3.40. The van der Waals surface area contributed by atoms with Crippen LogP contribution >= 0.6 is 0 Å². The molecule has 1 aromatic carbocycles. The molecule has 20 heavy (non-hydrogen) atoms. The summed E-state index contributed by atoms with van der Waals surface area (Å²) in [5.74, 6) is 1.29. The van der Waals surface area contributed by atoms with Gasteiger partial charge in [0.05, 0.1) is 24.8 Å². The van der Waals surface area contributed by atoms with Gasteiger partial charge in [0.25, 0.3) is 5.82 Å². The molecule has 2 aromatic rings. The lowest BCUT2D eigenvalue weighted by molar-refractivity contribution is -0.738. The molecule has 0 radical (unpaired) electrons. The summed E-state index contributed by atoms with van der Waals surface area (Å²) in [6.45, 7) is 4.28. The Morgan fingerprint density at radius 2 is 1.75 bits per heavy atom. The Morgan fingerprint density at radius 1 is 1.10 bits per heavy atom. The van der Waals surface area contributed by atoms with Crippen LogP contribution in [0.5, 0.6) is 0 Å². The highest BCUT2D eigenvalue weighted by atomic mass is 127. The van der Waals surface area contributed by atoms with Gasteiger partial charge in [-0.3, -0.25) is 4.90 Å². The summed E-state index contributed by atoms with van der Waals surface area (Å²) in [7, 11) is 4.25. The summed E-state index contributed by atoms with van der Waals surface area (Å²) in [6.07, 6.45) is 0. The zero-order chi connectivity index (χ0) is 13.2. The molecule has 1 saturated heterocycles. The van der Waals surface area contributed by atoms with E-state index in [-0.39, 0.29) is 24.0 Å². The molecule has 1 aromatic heterocycles. The molecule has 0 saturated carbocycles. The first-order valence-corrected chi connectivity index (χ1v) is 6.84. The molecule has 3 rings (SSSR count). The fraction of sp³-hybridized carbons (Fsp3) is 0.400. The minimum atomic E-state index is 0. The third-order valence-corrected chi connectivity index (χ3v) is 3.91. The van der Waals surface area contributed by atoms with E-state index in [4.69, 9.17) is 0 Å². The number of nitrogens with zero attached hydrogens (tertiary/aromatic N) is 3. The minimum Gasteiger partial charge on any atom is -1.00 e. The number of anilines is 1. The molecule has 1 N–H and O–H groups in total. The second-order valence-electron chi connectivity index (χ2n) is 5.04. The highest BCUT2D eigenvalue weighted by Crippen LogP contribution is 2.22. The van der Waals surface area contributed by atoms with Gasteiger partial charge in [-0.1, -0.05) is 30.3 Å². The van der Waals surface area contributed by atoms with E-state index < -0.39 is 0 Å². The minimum absolute atomic E-state index is 0. The molecule has 0 unspecified atom stereocenters. The number of hydrogen-bond donors (Lipinski definition) is 1. The van der Waals surface area contributed by atoms with E-state index in [9.17, 15) is 0 Å². The normalized spacial score (nSPS) is 15.0. The molecule has 0 bridgehead atoms. The Hall–Kier alpha value is -1.08. The standard InChI is InChI=1S/C15H21N4.HI/c1-17-14(13-6-4-3-5-7-13)12-15(18(17)2)19-10-8-16-9-11-19;/h3-7,12,16H,8-11H2,1-2H3;1H/q+1;/p-1. The number of piperazine rings is 1. The van der Waals surface area contributed by atoms with E-state index in [1.165, 1.54) is 17.1 Å². The van der Waals surface area contributed by atoms with Crippen molar-refractivity contribution in [2.45, 2.75) is 0 Å². The average molecular weight is 384 g/mol. The van der Waals surface area contributed by atoms with Crippen molar-refractivity contribution in [3.63, 3.8) is 0 Å². The van der Waals surface area contributed by atoms with E-state index in [0.29, 0.717) is 0 Å². The molecule has 4 nitrogen and oxygen atoms in total. The Labute approximate surface area is 137 Å². The van der Waals surface area contributed by atoms with Crippen LogP contribution in [0, 0.1) is 0 Å². The van der Waals surface area contributed by atoms with Crippen molar-refractivity contribution in [2.75, 3.05) is 31.1 Å². The third-order valence-electron chi connectivity index (χ3n) is 3.91. The first-order valence-electron chi connectivity index (χ1n) is 6.84. The number of aromatic nitrogens is 2. The number of nitrogens with one attached hydrogen (secondary N) is 1. The maximum Gasteiger partial charge on any atom is 0.297 e. The van der Waals surface area contributed by atoms with Crippen molar-refractivity contribution in [2.24, 2.45) is 14.1 Å². The molecule has 108 valence electrons. The van der Waals surface area contributed by atoms with Crippen LogP contribution in [-0.4, -0.2) is 30.9 Å². The van der Waals surface area contributed by atoms with Gasteiger partial charge in [-0.25, -0.2) is 4.68 Å². The highest BCUT2D eigenvalue weighted by molar-refractivity contribution is 5.62. The maximum atomic E-state index is 3.40. The predicted molar refractivity (Wildman–Crippen MR) is 77.1 cm³/mol. The quantitative estimate of drug-likeness (QED) is 0.476. The number of rotatable bonds is 2. The van der Waals surface area contributed by atoms with Gasteiger partial charge < -0.3 is 29.3 Å². The molecule has 1 fully saturated rings. The Bertz CT molecular complexity index is 559. The Kier molecular flexibility index (Phi) is 5.04. The van der Waals surface area contributed by atoms with E-state index >= 15 is 0 Å². The van der Waals surface area contributed by atoms with Crippen molar-refractivity contribution in [1.82, 2.24) is 10.00 Å². The van der Waals surface area contributed by atoms with Crippen LogP contribution in [0.15, 0.2) is 36.4 Å². The third kappa shape index (κ3) is 2.83. The lowest BCUT2D eigenvalue weighted by Crippen LogP contribution is -3.00. The molecule has 2 heterocycles. The van der Waals surface area contributed by atoms with E-state index in [0.717, 1.165) is 26.2 Å². The molecule has 5 heteroatoms. The molecule has 1 aliphatic rings. The predicted octanol–water partition coefficient (Wildman–Crippen LogP) is -2.07. The summed E-state index contributed by atoms with van der Waals surface area (Å²) in [6, 6.07) is 12.9. The highest BCUT2D eigenvalue weighted by Gasteiger charge is 2.24. The molecular weight excluding hydrogens is 363 g/mol. The van der Waals surface area contributed by atoms with Crippen molar-refractivity contribution in [3.05, 3.63) is 36.4 Å². The summed E-state index contributed by atoms with van der Waals surface area (Å²) < 4.78 is 4.44. The van der Waals surface area contributed by atoms with Gasteiger partial charge in [-0.15, -0.1) is 0 Å². The molecule has 0 amide bonds. The van der Waals surface area contributed by atoms with Gasteiger partial charge in [0.1, 0.15) is 7.05 Å². The van der Waals surface area contributed by atoms with Crippen molar-refractivity contribution in [1.29, 1.82) is 0 Å². The van der Waals surface area contributed by atoms with Crippen LogP contribution in [0.25, 0.3) is 11.3 Å². The van der Waals surface area contributed by atoms with Crippen molar-refractivity contribution in [3.8, 4) is 11.3 Å². The van der Waals surface area contributed by atoms with E-state index in [1.54, 1.807) is 0 Å². The first-order chi connectivity index (χ1) is 9.27. The van der Waals surface area contributed by atoms with Gasteiger partial charge >= 0.3 is 0 Å². The van der Waals surface area contributed by atoms with E-state index in [1.807, 2.05) is 0 Å². The lowest BCUT2D eigenvalue weighted by Gasteiger charge is -2.21. The molecular formula is C15H21IN4. The van der Waals surface area contributed by atoms with Crippen LogP contribution < -0.4 is 38.9 Å². The number of hydrogen-bond acceptors (Lipinski definition) is 2. The number of halogens is 1. The molecule has 0 aliphatic carbocycles. The van der Waals surface area contributed by atoms with Crippen molar-refractivity contribution < 1.29 is 28.7 Å². The number of benzene rings is 1. The van der Waals surface area contributed by atoms with Crippen LogP contribution in [0.4, 0.5) is 5.82 Å². The average Bonchev–Trinajstić information content (AvgIpc) is 2.77. The monoisotopic (exact) mass is 384 g/mol. The van der Waals surface area contributed by atoms with Crippen LogP contribution in [-0.2, 0) is 14.1 Å². The summed E-state index contributed by atoms with van der Waals surface area (Å²) in [5.41, 5.74) is 2.53. The molecule has 0 spiro atoms. The van der Waals surface area contributed by atoms with Gasteiger partial charge in [-0.2, -0.15) is 4.68 Å². The zero-order valence-corrected chi connectivity index (χ0v) is 14.2.